The van der Waals surface area contributed by atoms with Gasteiger partial charge in [0.1, 0.15) is 17.2 Å². The Balaban J connectivity index is 1.88. The number of carbonyl (C=O) groups is 3. The number of aryl methyl sites for hydroxylation is 1. The third-order valence-corrected chi connectivity index (χ3v) is 7.14. The Kier molecular flexibility index (Phi) is 7.09. The molecule has 0 spiro atoms. The molecule has 1 amide bonds. The number of aliphatic hydroxyl groups is 1. The van der Waals surface area contributed by atoms with Gasteiger partial charge in [-0.25, -0.2) is 9.78 Å². The van der Waals surface area contributed by atoms with Gasteiger partial charge < -0.3 is 9.84 Å². The van der Waals surface area contributed by atoms with Gasteiger partial charge >= 0.3 is 11.9 Å². The maximum absolute atomic E-state index is 13.4. The molecule has 4 rings (SSSR count). The lowest BCUT2D eigenvalue weighted by Gasteiger charge is -2.24. The number of rotatable bonds is 6. The number of hydrogen-bond acceptors (Lipinski definition) is 8. The smallest absolute Gasteiger partial charge is 0.350 e. The number of benzene rings is 1. The summed E-state index contributed by atoms with van der Waals surface area (Å²) in [7, 11) is 0. The summed E-state index contributed by atoms with van der Waals surface area (Å²) in [4.78, 5) is 49.1. The highest BCUT2D eigenvalue weighted by atomic mass is 32.1. The van der Waals surface area contributed by atoms with Crippen LogP contribution in [0.5, 0.6) is 0 Å². The fraction of sp³-hybridized carbons (Fsp3) is 0.250. The molecule has 3 aromatic rings. The molecule has 0 radical (unpaired) electrons. The Labute approximate surface area is 219 Å². The highest BCUT2D eigenvalue weighted by Crippen LogP contribution is 2.44. The van der Waals surface area contributed by atoms with Gasteiger partial charge in [-0.15, -0.1) is 0 Å². The first-order valence-electron chi connectivity index (χ1n) is 11.6. The third kappa shape index (κ3) is 4.95. The van der Waals surface area contributed by atoms with Crippen LogP contribution in [0.25, 0.3) is 5.76 Å². The topological polar surface area (TPSA) is 110 Å². The van der Waals surface area contributed by atoms with E-state index in [1.165, 1.54) is 23.4 Å². The minimum Gasteiger partial charge on any atom is -0.507 e. The van der Waals surface area contributed by atoms with Crippen LogP contribution in [-0.2, 0) is 19.7 Å². The second kappa shape index (κ2) is 10.1. The number of anilines is 1. The number of hydrogen-bond donors (Lipinski definition) is 1. The van der Waals surface area contributed by atoms with E-state index in [1.807, 2.05) is 24.3 Å². The molecule has 1 fully saturated rings. The lowest BCUT2D eigenvalue weighted by Crippen LogP contribution is -2.29. The molecule has 9 heteroatoms. The van der Waals surface area contributed by atoms with Crippen LogP contribution in [0.4, 0.5) is 5.13 Å². The largest absolute Gasteiger partial charge is 0.507 e. The Hall–Kier alpha value is -4.11. The van der Waals surface area contributed by atoms with E-state index in [2.05, 4.69) is 37.3 Å². The number of pyridine rings is 1. The van der Waals surface area contributed by atoms with Crippen LogP contribution in [0.2, 0.25) is 0 Å². The fourth-order valence-corrected chi connectivity index (χ4v) is 5.04. The van der Waals surface area contributed by atoms with Crippen LogP contribution in [0.3, 0.4) is 0 Å². The molecule has 37 heavy (non-hydrogen) atoms. The predicted octanol–water partition coefficient (Wildman–Crippen LogP) is 5.11. The molecule has 2 aromatic heterocycles. The lowest BCUT2D eigenvalue weighted by molar-refractivity contribution is -0.132. The molecule has 0 aliphatic carbocycles. The van der Waals surface area contributed by atoms with Crippen molar-refractivity contribution in [3.8, 4) is 0 Å². The van der Waals surface area contributed by atoms with E-state index >= 15 is 0 Å². The van der Waals surface area contributed by atoms with Crippen molar-refractivity contribution in [2.24, 2.45) is 0 Å². The van der Waals surface area contributed by atoms with E-state index < -0.39 is 23.7 Å². The Morgan fingerprint density at radius 2 is 1.81 bits per heavy atom. The zero-order valence-corrected chi connectivity index (χ0v) is 21.8. The average molecular weight is 518 g/mol. The highest BCUT2D eigenvalue weighted by Gasteiger charge is 2.48. The first-order valence-corrected chi connectivity index (χ1v) is 12.4. The number of esters is 1. The van der Waals surface area contributed by atoms with E-state index in [0.29, 0.717) is 16.8 Å². The van der Waals surface area contributed by atoms with E-state index in [0.717, 1.165) is 16.9 Å². The van der Waals surface area contributed by atoms with Crippen molar-refractivity contribution in [3.63, 3.8) is 0 Å². The van der Waals surface area contributed by atoms with Gasteiger partial charge in [0.25, 0.3) is 5.78 Å². The van der Waals surface area contributed by atoms with Crippen molar-refractivity contribution in [3.05, 3.63) is 94.3 Å². The third-order valence-electron chi connectivity index (χ3n) is 6.00. The van der Waals surface area contributed by atoms with Crippen LogP contribution < -0.4 is 4.90 Å². The second-order valence-electron chi connectivity index (χ2n) is 9.58. The maximum Gasteiger partial charge on any atom is 0.350 e. The monoisotopic (exact) mass is 517 g/mol. The average Bonchev–Trinajstić information content (AvgIpc) is 3.39. The number of amides is 1. The molecule has 3 heterocycles. The summed E-state index contributed by atoms with van der Waals surface area (Å²) in [5, 5.41) is 11.3. The Morgan fingerprint density at radius 1 is 1.16 bits per heavy atom. The normalized spacial score (nSPS) is 17.2. The summed E-state index contributed by atoms with van der Waals surface area (Å²) < 4.78 is 5.14. The van der Waals surface area contributed by atoms with Crippen LogP contribution in [0.1, 0.15) is 58.9 Å². The van der Waals surface area contributed by atoms with Crippen LogP contribution in [0.15, 0.2) is 67.0 Å². The van der Waals surface area contributed by atoms with Crippen molar-refractivity contribution in [1.29, 1.82) is 0 Å². The van der Waals surface area contributed by atoms with Gasteiger partial charge in [0.05, 0.1) is 17.3 Å². The van der Waals surface area contributed by atoms with Crippen molar-refractivity contribution in [1.82, 2.24) is 9.97 Å². The molecule has 1 N–H and O–H groups in total. The standard InChI is InChI=1S/C28H27N3O5S/c1-6-15-36-26(35)24-16(2)30-27(37-24)31-21(17-7-9-19(10-8-17)28(3,4)5)20(23(33)25(31)34)22(32)18-11-13-29-14-12-18/h6-14,21,32H,1,15H2,2-5H3/b22-20+. The molecule has 1 aliphatic rings. The van der Waals surface area contributed by atoms with Gasteiger partial charge in [-0.1, -0.05) is 69.0 Å². The zero-order chi connectivity index (χ0) is 26.9. The lowest BCUT2D eigenvalue weighted by atomic mass is 9.85. The molecule has 0 saturated carbocycles. The number of ether oxygens (including phenoxy) is 1. The number of aromatic nitrogens is 2. The van der Waals surface area contributed by atoms with E-state index in [1.54, 1.807) is 19.1 Å². The number of aliphatic hydroxyl groups excluding tert-OH is 1. The summed E-state index contributed by atoms with van der Waals surface area (Å²) in [5.41, 5.74) is 2.24. The number of carbonyl (C=O) groups excluding carboxylic acids is 3. The summed E-state index contributed by atoms with van der Waals surface area (Å²) in [5.74, 6) is -2.60. The first-order chi connectivity index (χ1) is 17.5. The van der Waals surface area contributed by atoms with Gasteiger partial charge in [-0.05, 0) is 35.6 Å². The Bertz CT molecular complexity index is 1400. The molecule has 8 nitrogen and oxygen atoms in total. The molecule has 1 aliphatic heterocycles. The fourth-order valence-electron chi connectivity index (χ4n) is 4.05. The van der Waals surface area contributed by atoms with E-state index in [9.17, 15) is 19.5 Å². The van der Waals surface area contributed by atoms with Gasteiger partial charge in [0, 0.05) is 18.0 Å². The minimum absolute atomic E-state index is 0.0298. The number of ketones is 1. The SMILES string of the molecule is C=CCOC(=O)c1sc(N2C(=O)C(=O)/C(=C(/O)c3ccncc3)C2c2ccc(C(C)(C)C)cc2)nc1C. The highest BCUT2D eigenvalue weighted by molar-refractivity contribution is 7.17. The van der Waals surface area contributed by atoms with Crippen molar-refractivity contribution >= 4 is 39.9 Å². The number of nitrogens with zero attached hydrogens (tertiary/aromatic N) is 3. The van der Waals surface area contributed by atoms with Crippen molar-refractivity contribution < 1.29 is 24.2 Å². The van der Waals surface area contributed by atoms with Crippen LogP contribution in [-0.4, -0.2) is 39.3 Å². The summed E-state index contributed by atoms with van der Waals surface area (Å²) in [6.45, 7) is 11.5. The quantitative estimate of drug-likeness (QED) is 0.159. The van der Waals surface area contributed by atoms with Crippen LogP contribution in [0, 0.1) is 6.92 Å². The van der Waals surface area contributed by atoms with Crippen molar-refractivity contribution in [2.45, 2.75) is 39.2 Å². The summed E-state index contributed by atoms with van der Waals surface area (Å²) in [6, 6.07) is 9.71. The van der Waals surface area contributed by atoms with Crippen molar-refractivity contribution in [2.75, 3.05) is 11.5 Å². The Morgan fingerprint density at radius 3 is 2.41 bits per heavy atom. The molecule has 190 valence electrons. The van der Waals surface area contributed by atoms with Crippen LogP contribution >= 0.6 is 11.3 Å². The molecular formula is C28H27N3O5S. The summed E-state index contributed by atoms with van der Waals surface area (Å²) in [6.07, 6.45) is 4.43. The number of Topliss-reactive ketones (excluding diaryl/α,β-unsaturated/α-hetero) is 1. The number of thiazole rings is 1. The van der Waals surface area contributed by atoms with Gasteiger partial charge in [-0.2, -0.15) is 0 Å². The van der Waals surface area contributed by atoms with Gasteiger partial charge in [0.15, 0.2) is 5.13 Å². The maximum atomic E-state index is 13.4. The molecule has 1 unspecified atom stereocenters. The minimum atomic E-state index is -0.954. The van der Waals surface area contributed by atoms with Gasteiger partial charge in [-0.3, -0.25) is 19.5 Å². The summed E-state index contributed by atoms with van der Waals surface area (Å²) >= 11 is 0.955. The molecular weight excluding hydrogens is 490 g/mol. The molecule has 1 atom stereocenters. The first kappa shape index (κ1) is 26.0. The molecule has 1 aromatic carbocycles. The second-order valence-corrected chi connectivity index (χ2v) is 10.6. The zero-order valence-electron chi connectivity index (χ0n) is 21.0. The molecule has 1 saturated heterocycles. The van der Waals surface area contributed by atoms with E-state index in [-0.39, 0.29) is 33.4 Å². The predicted molar refractivity (Wildman–Crippen MR) is 141 cm³/mol. The molecule has 0 bridgehead atoms. The van der Waals surface area contributed by atoms with E-state index in [4.69, 9.17) is 4.74 Å². The van der Waals surface area contributed by atoms with Gasteiger partial charge in [0.2, 0.25) is 0 Å².